The summed E-state index contributed by atoms with van der Waals surface area (Å²) >= 11 is 6.13. The third kappa shape index (κ3) is 4.29. The summed E-state index contributed by atoms with van der Waals surface area (Å²) in [6.07, 6.45) is -0.628. The monoisotopic (exact) mass is 394 g/mol. The van der Waals surface area contributed by atoms with Gasteiger partial charge in [0.2, 0.25) is 0 Å². The van der Waals surface area contributed by atoms with Gasteiger partial charge in [0.1, 0.15) is 6.10 Å². The molecule has 146 valence electrons. The zero-order valence-electron chi connectivity index (χ0n) is 17.4. The van der Waals surface area contributed by atoms with Crippen LogP contribution in [0.4, 0.5) is 0 Å². The number of ketones is 1. The van der Waals surface area contributed by atoms with E-state index in [1.807, 2.05) is 45.0 Å². The highest BCUT2D eigenvalue weighted by Crippen LogP contribution is 2.41. The topological polar surface area (TPSA) is 26.3 Å². The Morgan fingerprint density at radius 3 is 2.21 bits per heavy atom. The largest absolute Gasteiger partial charge is 0.360 e. The molecule has 0 aliphatic carbocycles. The molecule has 3 aromatic carbocycles. The number of ether oxygens (including phenoxy) is 1. The molecule has 0 aliphatic heterocycles. The highest BCUT2D eigenvalue weighted by Gasteiger charge is 2.29. The smallest absolute Gasteiger partial charge is 0.163 e. The van der Waals surface area contributed by atoms with Crippen LogP contribution >= 0.6 is 11.6 Å². The Labute approximate surface area is 172 Å². The van der Waals surface area contributed by atoms with Crippen molar-refractivity contribution in [2.75, 3.05) is 0 Å². The lowest BCUT2D eigenvalue weighted by molar-refractivity contribution is -0.138. The maximum atomic E-state index is 12.7. The summed E-state index contributed by atoms with van der Waals surface area (Å²) < 4.78 is 6.25. The fraction of sp³-hybridized carbons (Fsp3) is 0.320. The van der Waals surface area contributed by atoms with Gasteiger partial charge < -0.3 is 4.74 Å². The van der Waals surface area contributed by atoms with Crippen LogP contribution in [0.15, 0.2) is 48.5 Å². The summed E-state index contributed by atoms with van der Waals surface area (Å²) in [7, 11) is 0. The molecular weight excluding hydrogens is 368 g/mol. The standard InChI is InChI=1S/C25H27ClO2/c1-15-7-12-21-19(13-15)14-16(2)22(24(17(3)27)28-25(4,5)6)23(21)18-8-10-20(26)11-9-18/h7-14,24H,1-6H3. The summed E-state index contributed by atoms with van der Waals surface area (Å²) in [6, 6.07) is 16.4. The Kier molecular flexibility index (Phi) is 5.65. The SMILES string of the molecule is CC(=O)C(OC(C)(C)C)c1c(C)cc2cc(C)ccc2c1-c1ccc(Cl)cc1. The molecule has 0 radical (unpaired) electrons. The Hall–Kier alpha value is -2.16. The fourth-order valence-electron chi connectivity index (χ4n) is 3.65. The minimum absolute atomic E-state index is 0.000278. The lowest BCUT2D eigenvalue weighted by atomic mass is 9.86. The molecule has 3 heteroatoms. The van der Waals surface area contributed by atoms with Crippen LogP contribution in [0.3, 0.4) is 0 Å². The molecule has 0 spiro atoms. The van der Waals surface area contributed by atoms with Crippen LogP contribution in [0.1, 0.15) is 50.5 Å². The molecule has 0 aromatic heterocycles. The third-order valence-corrected chi connectivity index (χ3v) is 5.03. The Morgan fingerprint density at radius 2 is 1.64 bits per heavy atom. The fourth-order valence-corrected chi connectivity index (χ4v) is 3.77. The van der Waals surface area contributed by atoms with Gasteiger partial charge in [-0.15, -0.1) is 0 Å². The van der Waals surface area contributed by atoms with Gasteiger partial charge in [0.25, 0.3) is 0 Å². The summed E-state index contributed by atoms with van der Waals surface area (Å²) in [5.41, 5.74) is 4.81. The Bertz CT molecular complexity index is 1030. The minimum atomic E-state index is -0.628. The van der Waals surface area contributed by atoms with E-state index in [2.05, 4.69) is 38.1 Å². The van der Waals surface area contributed by atoms with Gasteiger partial charge in [-0.1, -0.05) is 53.6 Å². The van der Waals surface area contributed by atoms with Crippen LogP contribution in [0.2, 0.25) is 5.02 Å². The molecule has 0 saturated carbocycles. The van der Waals surface area contributed by atoms with Crippen LogP contribution < -0.4 is 0 Å². The second kappa shape index (κ2) is 7.69. The van der Waals surface area contributed by atoms with Crippen molar-refractivity contribution in [1.29, 1.82) is 0 Å². The highest BCUT2D eigenvalue weighted by atomic mass is 35.5. The van der Waals surface area contributed by atoms with E-state index in [4.69, 9.17) is 16.3 Å². The normalized spacial score (nSPS) is 13.0. The van der Waals surface area contributed by atoms with Crippen LogP contribution in [0.25, 0.3) is 21.9 Å². The zero-order chi connectivity index (χ0) is 20.6. The van der Waals surface area contributed by atoms with Crippen molar-refractivity contribution in [2.45, 2.75) is 53.2 Å². The molecule has 28 heavy (non-hydrogen) atoms. The van der Waals surface area contributed by atoms with Gasteiger partial charge in [0.05, 0.1) is 5.60 Å². The molecule has 0 bridgehead atoms. The van der Waals surface area contributed by atoms with Gasteiger partial charge in [0, 0.05) is 5.02 Å². The number of Topliss-reactive ketones (excluding diaryl/α,β-unsaturated/α-hetero) is 1. The average molecular weight is 395 g/mol. The van der Waals surface area contributed by atoms with Crippen molar-refractivity contribution in [3.05, 3.63) is 70.2 Å². The van der Waals surface area contributed by atoms with Crippen molar-refractivity contribution in [3.63, 3.8) is 0 Å². The number of halogens is 1. The van der Waals surface area contributed by atoms with Crippen molar-refractivity contribution >= 4 is 28.2 Å². The molecule has 0 N–H and O–H groups in total. The van der Waals surface area contributed by atoms with Crippen LogP contribution in [0.5, 0.6) is 0 Å². The van der Waals surface area contributed by atoms with Crippen LogP contribution in [-0.4, -0.2) is 11.4 Å². The Morgan fingerprint density at radius 1 is 1.00 bits per heavy atom. The van der Waals surface area contributed by atoms with Gasteiger partial charge >= 0.3 is 0 Å². The number of rotatable bonds is 4. The molecule has 0 fully saturated rings. The predicted octanol–water partition coefficient (Wildman–Crippen LogP) is 7.22. The first-order valence-electron chi connectivity index (χ1n) is 9.55. The molecular formula is C25H27ClO2. The van der Waals surface area contributed by atoms with Gasteiger partial charge in [0.15, 0.2) is 5.78 Å². The summed E-state index contributed by atoms with van der Waals surface area (Å²) in [6.45, 7) is 11.7. The molecule has 0 saturated heterocycles. The molecule has 1 unspecified atom stereocenters. The van der Waals surface area contributed by atoms with Crippen molar-refractivity contribution in [3.8, 4) is 11.1 Å². The van der Waals surface area contributed by atoms with E-state index in [0.717, 1.165) is 33.0 Å². The number of benzene rings is 3. The summed E-state index contributed by atoms with van der Waals surface area (Å²) in [5, 5.41) is 2.95. The van der Waals surface area contributed by atoms with Gasteiger partial charge in [-0.05, 0) is 86.7 Å². The molecule has 3 aromatic rings. The molecule has 1 atom stereocenters. The second-order valence-corrected chi connectivity index (χ2v) is 8.87. The van der Waals surface area contributed by atoms with Crippen molar-refractivity contribution in [1.82, 2.24) is 0 Å². The van der Waals surface area contributed by atoms with Gasteiger partial charge in [-0.2, -0.15) is 0 Å². The zero-order valence-corrected chi connectivity index (χ0v) is 18.1. The predicted molar refractivity (Wildman–Crippen MR) is 118 cm³/mol. The van der Waals surface area contributed by atoms with E-state index in [0.29, 0.717) is 5.02 Å². The molecule has 2 nitrogen and oxygen atoms in total. The van der Waals surface area contributed by atoms with Gasteiger partial charge in [-0.25, -0.2) is 0 Å². The summed E-state index contributed by atoms with van der Waals surface area (Å²) in [4.78, 5) is 12.7. The number of carbonyl (C=O) groups is 1. The quantitative estimate of drug-likeness (QED) is 0.466. The van der Waals surface area contributed by atoms with E-state index in [9.17, 15) is 4.79 Å². The number of aryl methyl sites for hydroxylation is 2. The number of hydrogen-bond donors (Lipinski definition) is 0. The minimum Gasteiger partial charge on any atom is -0.360 e. The van der Waals surface area contributed by atoms with Crippen LogP contribution in [-0.2, 0) is 9.53 Å². The maximum Gasteiger partial charge on any atom is 0.163 e. The highest BCUT2D eigenvalue weighted by molar-refractivity contribution is 6.30. The first kappa shape index (κ1) is 20.6. The lowest BCUT2D eigenvalue weighted by Crippen LogP contribution is -2.27. The van der Waals surface area contributed by atoms with E-state index in [-0.39, 0.29) is 5.78 Å². The first-order valence-corrected chi connectivity index (χ1v) is 9.92. The van der Waals surface area contributed by atoms with Crippen molar-refractivity contribution in [2.24, 2.45) is 0 Å². The lowest BCUT2D eigenvalue weighted by Gasteiger charge is -2.29. The number of hydrogen-bond acceptors (Lipinski definition) is 2. The van der Waals surface area contributed by atoms with Gasteiger partial charge in [-0.3, -0.25) is 4.79 Å². The van der Waals surface area contributed by atoms with E-state index >= 15 is 0 Å². The third-order valence-electron chi connectivity index (χ3n) is 4.78. The van der Waals surface area contributed by atoms with Crippen LogP contribution in [0, 0.1) is 13.8 Å². The number of carbonyl (C=O) groups excluding carboxylic acids is 1. The number of fused-ring (bicyclic) bond motifs is 1. The van der Waals surface area contributed by atoms with E-state index in [1.54, 1.807) is 6.92 Å². The molecule has 3 rings (SSSR count). The van der Waals surface area contributed by atoms with E-state index < -0.39 is 11.7 Å². The Balaban J connectivity index is 2.39. The maximum absolute atomic E-state index is 12.7. The average Bonchev–Trinajstić information content (AvgIpc) is 2.58. The van der Waals surface area contributed by atoms with E-state index in [1.165, 1.54) is 5.56 Å². The summed E-state index contributed by atoms with van der Waals surface area (Å²) in [5.74, 6) is -0.000278. The molecule has 0 aliphatic rings. The molecule has 0 amide bonds. The second-order valence-electron chi connectivity index (χ2n) is 8.43. The first-order chi connectivity index (χ1) is 13.1. The van der Waals surface area contributed by atoms with Crippen molar-refractivity contribution < 1.29 is 9.53 Å². The molecule has 0 heterocycles.